The summed E-state index contributed by atoms with van der Waals surface area (Å²) in [4.78, 5) is 23.3. The van der Waals surface area contributed by atoms with Crippen molar-refractivity contribution in [2.24, 2.45) is 0 Å². The van der Waals surface area contributed by atoms with Crippen LogP contribution in [-0.2, 0) is 0 Å². The van der Waals surface area contributed by atoms with Crippen LogP contribution in [0.2, 0.25) is 0 Å². The molecule has 0 saturated carbocycles. The average Bonchev–Trinajstić information content (AvgIpc) is 2.68. The summed E-state index contributed by atoms with van der Waals surface area (Å²) >= 11 is 0. The molecule has 0 radical (unpaired) electrons. The lowest BCUT2D eigenvalue weighted by atomic mass is 9.90. The summed E-state index contributed by atoms with van der Waals surface area (Å²) in [5.74, 6) is 0.740. The number of nitrogens with zero attached hydrogens (tertiary/aromatic N) is 3. The number of likely N-dealkylation sites (N-methyl/N-ethyl adjacent to an activating group) is 1. The number of aromatic nitrogens is 2. The molecule has 5 N–H and O–H groups in total. The van der Waals surface area contributed by atoms with E-state index in [0.29, 0.717) is 33.9 Å². The maximum atomic E-state index is 12.8. The van der Waals surface area contributed by atoms with Crippen molar-refractivity contribution < 1.29 is 4.79 Å². The van der Waals surface area contributed by atoms with E-state index < -0.39 is 0 Å². The van der Waals surface area contributed by atoms with E-state index >= 15 is 0 Å². The first-order chi connectivity index (χ1) is 13.5. The molecule has 2 heterocycles. The lowest BCUT2D eigenvalue weighted by Gasteiger charge is -2.30. The highest BCUT2D eigenvalue weighted by Crippen LogP contribution is 2.27. The van der Waals surface area contributed by atoms with E-state index in [4.69, 9.17) is 11.5 Å². The van der Waals surface area contributed by atoms with Crippen molar-refractivity contribution in [1.82, 2.24) is 14.9 Å². The smallest absolute Gasteiger partial charge is 0.255 e. The molecule has 1 unspecified atom stereocenters. The van der Waals surface area contributed by atoms with Gasteiger partial charge < -0.3 is 21.7 Å². The highest BCUT2D eigenvalue weighted by Gasteiger charge is 2.20. The number of nitrogens with one attached hydrogen (secondary N) is 1. The molecule has 1 fully saturated rings. The van der Waals surface area contributed by atoms with Crippen LogP contribution in [0.15, 0.2) is 42.5 Å². The molecule has 1 saturated heterocycles. The van der Waals surface area contributed by atoms with E-state index in [1.807, 2.05) is 18.2 Å². The number of fused-ring (bicyclic) bond motifs is 1. The fourth-order valence-electron chi connectivity index (χ4n) is 3.82. The van der Waals surface area contributed by atoms with Crippen LogP contribution in [0.1, 0.15) is 34.7 Å². The van der Waals surface area contributed by atoms with Crippen LogP contribution in [0.3, 0.4) is 0 Å². The number of hydrogen-bond donors (Lipinski definition) is 3. The predicted molar refractivity (Wildman–Crippen MR) is 112 cm³/mol. The number of hydrogen-bond acceptors (Lipinski definition) is 6. The third kappa shape index (κ3) is 3.75. The number of anilines is 3. The molecule has 2 aromatic carbocycles. The summed E-state index contributed by atoms with van der Waals surface area (Å²) in [5.41, 5.74) is 14.7. The van der Waals surface area contributed by atoms with E-state index in [-0.39, 0.29) is 11.9 Å². The van der Waals surface area contributed by atoms with E-state index in [1.165, 1.54) is 12.0 Å². The zero-order valence-corrected chi connectivity index (χ0v) is 15.9. The molecule has 0 bridgehead atoms. The molecule has 28 heavy (non-hydrogen) atoms. The van der Waals surface area contributed by atoms with Crippen molar-refractivity contribution in [3.8, 4) is 0 Å². The Morgan fingerprint density at radius 3 is 2.86 bits per heavy atom. The van der Waals surface area contributed by atoms with E-state index in [0.717, 1.165) is 19.5 Å². The average molecular weight is 376 g/mol. The second kappa shape index (κ2) is 7.44. The van der Waals surface area contributed by atoms with Crippen LogP contribution in [-0.4, -0.2) is 40.9 Å². The molecule has 1 aliphatic heterocycles. The van der Waals surface area contributed by atoms with Crippen LogP contribution < -0.4 is 16.8 Å². The number of carbonyl (C=O) groups excluding carboxylic acids is 1. The summed E-state index contributed by atoms with van der Waals surface area (Å²) in [6, 6.07) is 13.2. The molecule has 1 aliphatic rings. The Balaban J connectivity index is 1.55. The molecule has 1 aromatic heterocycles. The van der Waals surface area contributed by atoms with E-state index in [2.05, 4.69) is 33.3 Å². The van der Waals surface area contributed by atoms with Crippen LogP contribution >= 0.6 is 0 Å². The standard InChI is InChI=1S/C21H24N6O/c1-27-9-3-6-15(12-27)13-4-2-5-14(10-13)20(28)24-16-7-8-18-17(11-16)19(22)26-21(23)25-18/h2,4-5,7-8,10-11,15H,3,6,9,12H2,1H3,(H,24,28)(H4,22,23,25,26). The van der Waals surface area contributed by atoms with Gasteiger partial charge in [0, 0.05) is 23.2 Å². The first kappa shape index (κ1) is 18.2. The third-order valence-electron chi connectivity index (χ3n) is 5.25. The number of likely N-dealkylation sites (tertiary alicyclic amines) is 1. The fourth-order valence-corrected chi connectivity index (χ4v) is 3.82. The second-order valence-electron chi connectivity index (χ2n) is 7.38. The van der Waals surface area contributed by atoms with Crippen LogP contribution in [0, 0.1) is 0 Å². The van der Waals surface area contributed by atoms with Crippen molar-refractivity contribution in [3.63, 3.8) is 0 Å². The van der Waals surface area contributed by atoms with Crippen molar-refractivity contribution in [2.75, 3.05) is 36.9 Å². The third-order valence-corrected chi connectivity index (χ3v) is 5.25. The number of benzene rings is 2. The van der Waals surface area contributed by atoms with Gasteiger partial charge in [-0.15, -0.1) is 0 Å². The van der Waals surface area contributed by atoms with Gasteiger partial charge in [0.2, 0.25) is 5.95 Å². The molecular formula is C21H24N6O. The highest BCUT2D eigenvalue weighted by atomic mass is 16.1. The molecule has 0 aliphatic carbocycles. The number of amides is 1. The Hall–Kier alpha value is -3.19. The topological polar surface area (TPSA) is 110 Å². The minimum Gasteiger partial charge on any atom is -0.383 e. The highest BCUT2D eigenvalue weighted by molar-refractivity contribution is 6.05. The summed E-state index contributed by atoms with van der Waals surface area (Å²) in [6.07, 6.45) is 2.34. The van der Waals surface area contributed by atoms with Crippen LogP contribution in [0.4, 0.5) is 17.5 Å². The molecule has 7 nitrogen and oxygen atoms in total. The number of carbonyl (C=O) groups is 1. The van der Waals surface area contributed by atoms with Gasteiger partial charge in [0.15, 0.2) is 0 Å². The van der Waals surface area contributed by atoms with Crippen molar-refractivity contribution in [1.29, 1.82) is 0 Å². The number of rotatable bonds is 3. The maximum absolute atomic E-state index is 12.8. The van der Waals surface area contributed by atoms with Crippen LogP contribution in [0.5, 0.6) is 0 Å². The lowest BCUT2D eigenvalue weighted by Crippen LogP contribution is -2.30. The fraction of sp³-hybridized carbons (Fsp3) is 0.286. The minimum absolute atomic E-state index is 0.131. The largest absolute Gasteiger partial charge is 0.383 e. The summed E-state index contributed by atoms with van der Waals surface area (Å²) in [7, 11) is 2.14. The number of piperidine rings is 1. The Morgan fingerprint density at radius 1 is 1.18 bits per heavy atom. The molecule has 4 rings (SSSR count). The SMILES string of the molecule is CN1CCCC(c2cccc(C(=O)Nc3ccc4nc(N)nc(N)c4c3)c2)C1. The Morgan fingerprint density at radius 2 is 2.04 bits per heavy atom. The van der Waals surface area contributed by atoms with Crippen LogP contribution in [0.25, 0.3) is 10.9 Å². The Bertz CT molecular complexity index is 1030. The number of nitrogen functional groups attached to an aromatic ring is 2. The minimum atomic E-state index is -0.153. The first-order valence-electron chi connectivity index (χ1n) is 9.42. The number of nitrogens with two attached hydrogens (primary N) is 2. The summed E-state index contributed by atoms with van der Waals surface area (Å²) in [6.45, 7) is 2.16. The zero-order chi connectivity index (χ0) is 19.7. The van der Waals surface area contributed by atoms with E-state index in [9.17, 15) is 4.79 Å². The van der Waals surface area contributed by atoms with Crippen molar-refractivity contribution in [2.45, 2.75) is 18.8 Å². The molecular weight excluding hydrogens is 352 g/mol. The zero-order valence-electron chi connectivity index (χ0n) is 15.9. The molecule has 1 atom stereocenters. The summed E-state index contributed by atoms with van der Waals surface area (Å²) in [5, 5.41) is 3.60. The van der Waals surface area contributed by atoms with Gasteiger partial charge in [0.1, 0.15) is 5.82 Å². The molecule has 3 aromatic rings. The van der Waals surface area contributed by atoms with Gasteiger partial charge in [-0.25, -0.2) is 4.98 Å². The predicted octanol–water partition coefficient (Wildman–Crippen LogP) is 2.86. The van der Waals surface area contributed by atoms with Crippen molar-refractivity contribution in [3.05, 3.63) is 53.6 Å². The quantitative estimate of drug-likeness (QED) is 0.648. The van der Waals surface area contributed by atoms with Gasteiger partial charge in [-0.1, -0.05) is 12.1 Å². The Kier molecular flexibility index (Phi) is 4.83. The molecule has 1 amide bonds. The maximum Gasteiger partial charge on any atom is 0.255 e. The molecule has 144 valence electrons. The molecule has 7 heteroatoms. The monoisotopic (exact) mass is 376 g/mol. The lowest BCUT2D eigenvalue weighted by molar-refractivity contribution is 0.102. The van der Waals surface area contributed by atoms with Gasteiger partial charge in [-0.05, 0) is 68.2 Å². The van der Waals surface area contributed by atoms with Crippen molar-refractivity contribution >= 4 is 34.3 Å². The van der Waals surface area contributed by atoms with Gasteiger partial charge in [0.05, 0.1) is 5.52 Å². The second-order valence-corrected chi connectivity index (χ2v) is 7.38. The van der Waals surface area contributed by atoms with Gasteiger partial charge in [-0.2, -0.15) is 4.98 Å². The first-order valence-corrected chi connectivity index (χ1v) is 9.42. The van der Waals surface area contributed by atoms with Gasteiger partial charge in [-0.3, -0.25) is 4.79 Å². The van der Waals surface area contributed by atoms with Gasteiger partial charge >= 0.3 is 0 Å². The Labute approximate surface area is 163 Å². The van der Waals surface area contributed by atoms with E-state index in [1.54, 1.807) is 18.2 Å². The normalized spacial score (nSPS) is 17.5. The molecule has 0 spiro atoms. The summed E-state index contributed by atoms with van der Waals surface area (Å²) < 4.78 is 0. The van der Waals surface area contributed by atoms with Gasteiger partial charge in [0.25, 0.3) is 5.91 Å².